The Morgan fingerprint density at radius 1 is 1.25 bits per heavy atom. The molecule has 1 aromatic carbocycles. The van der Waals surface area contributed by atoms with Crippen molar-refractivity contribution < 1.29 is 4.39 Å². The molecule has 2 nitrogen and oxygen atoms in total. The van der Waals surface area contributed by atoms with Crippen molar-refractivity contribution in [3.05, 3.63) is 64.7 Å². The maximum atomic E-state index is 13.0. The van der Waals surface area contributed by atoms with E-state index in [0.717, 1.165) is 11.1 Å². The van der Waals surface area contributed by atoms with Crippen LogP contribution in [0.15, 0.2) is 42.7 Å². The first-order valence-electron chi connectivity index (χ1n) is 6.51. The lowest BCUT2D eigenvalue weighted by molar-refractivity contribution is 0.406. The van der Waals surface area contributed by atoms with E-state index in [1.807, 2.05) is 6.07 Å². The minimum absolute atomic E-state index is 0.132. The summed E-state index contributed by atoms with van der Waals surface area (Å²) in [6.07, 6.45) is 3.97. The van der Waals surface area contributed by atoms with Crippen molar-refractivity contribution in [3.8, 4) is 0 Å². The Balaban J connectivity index is 2.21. The largest absolute Gasteiger partial charge is 0.327 e. The van der Waals surface area contributed by atoms with Crippen LogP contribution in [0.2, 0.25) is 5.02 Å². The van der Waals surface area contributed by atoms with Crippen LogP contribution >= 0.6 is 11.6 Å². The predicted octanol–water partition coefficient (Wildman–Crippen LogP) is 3.72. The molecule has 2 aromatic rings. The van der Waals surface area contributed by atoms with E-state index in [9.17, 15) is 4.39 Å². The maximum Gasteiger partial charge on any atom is 0.123 e. The number of aromatic nitrogens is 1. The molecule has 1 heterocycles. The number of halogens is 2. The van der Waals surface area contributed by atoms with E-state index in [1.54, 1.807) is 24.5 Å². The van der Waals surface area contributed by atoms with Crippen molar-refractivity contribution in [3.63, 3.8) is 0 Å². The molecule has 0 aliphatic rings. The van der Waals surface area contributed by atoms with Gasteiger partial charge in [0.05, 0.1) is 5.02 Å². The Morgan fingerprint density at radius 3 is 2.50 bits per heavy atom. The standard InChI is InChI=1S/C16H18ClFN2/c1-16(2,12-3-5-13(18)6-4-12)15(19)9-11-7-8-20-10-14(11)17/h3-8,10,15H,9,19H2,1-2H3. The summed E-state index contributed by atoms with van der Waals surface area (Å²) in [5.74, 6) is -0.240. The zero-order valence-electron chi connectivity index (χ0n) is 11.6. The molecular formula is C16H18ClFN2. The zero-order valence-corrected chi connectivity index (χ0v) is 12.4. The summed E-state index contributed by atoms with van der Waals surface area (Å²) in [6.45, 7) is 4.11. The van der Waals surface area contributed by atoms with Gasteiger partial charge in [-0.1, -0.05) is 37.6 Å². The number of nitrogens with two attached hydrogens (primary N) is 1. The van der Waals surface area contributed by atoms with Gasteiger partial charge in [0.2, 0.25) is 0 Å². The van der Waals surface area contributed by atoms with Gasteiger partial charge in [-0.3, -0.25) is 4.98 Å². The molecule has 1 atom stereocenters. The number of benzene rings is 1. The Labute approximate surface area is 123 Å². The lowest BCUT2D eigenvalue weighted by Gasteiger charge is -2.32. The molecule has 0 saturated heterocycles. The summed E-state index contributed by atoms with van der Waals surface area (Å²) in [7, 11) is 0. The maximum absolute atomic E-state index is 13.0. The van der Waals surface area contributed by atoms with Gasteiger partial charge in [-0.15, -0.1) is 0 Å². The van der Waals surface area contributed by atoms with Crippen molar-refractivity contribution >= 4 is 11.6 Å². The van der Waals surface area contributed by atoms with E-state index in [4.69, 9.17) is 17.3 Å². The minimum Gasteiger partial charge on any atom is -0.327 e. The summed E-state index contributed by atoms with van der Waals surface area (Å²) in [5.41, 5.74) is 8.06. The van der Waals surface area contributed by atoms with Gasteiger partial charge in [-0.05, 0) is 35.7 Å². The molecule has 0 fully saturated rings. The van der Waals surface area contributed by atoms with Gasteiger partial charge in [0.15, 0.2) is 0 Å². The lowest BCUT2D eigenvalue weighted by atomic mass is 9.76. The first-order valence-corrected chi connectivity index (χ1v) is 6.89. The summed E-state index contributed by atoms with van der Waals surface area (Å²) < 4.78 is 13.0. The monoisotopic (exact) mass is 292 g/mol. The number of rotatable bonds is 4. The molecule has 0 saturated carbocycles. The fourth-order valence-corrected chi connectivity index (χ4v) is 2.35. The van der Waals surface area contributed by atoms with Gasteiger partial charge in [-0.2, -0.15) is 0 Å². The summed E-state index contributed by atoms with van der Waals surface area (Å²) >= 11 is 6.12. The van der Waals surface area contributed by atoms with E-state index in [-0.39, 0.29) is 17.3 Å². The van der Waals surface area contributed by atoms with Crippen LogP contribution in [-0.4, -0.2) is 11.0 Å². The topological polar surface area (TPSA) is 38.9 Å². The molecule has 20 heavy (non-hydrogen) atoms. The fourth-order valence-electron chi connectivity index (χ4n) is 2.16. The first kappa shape index (κ1) is 14.9. The molecule has 0 amide bonds. The van der Waals surface area contributed by atoms with Crippen LogP contribution in [0.5, 0.6) is 0 Å². The molecule has 0 aliphatic heterocycles. The Morgan fingerprint density at radius 2 is 1.90 bits per heavy atom. The minimum atomic E-state index is -0.277. The predicted molar refractivity (Wildman–Crippen MR) is 80.4 cm³/mol. The van der Waals surface area contributed by atoms with Crippen molar-refractivity contribution in [1.29, 1.82) is 0 Å². The van der Waals surface area contributed by atoms with Gasteiger partial charge in [0.1, 0.15) is 5.82 Å². The second kappa shape index (κ2) is 5.90. The first-order chi connectivity index (χ1) is 9.41. The van der Waals surface area contributed by atoms with Crippen molar-refractivity contribution in [2.75, 3.05) is 0 Å². The normalized spacial score (nSPS) is 13.2. The third-order valence-corrected chi connectivity index (χ3v) is 4.15. The van der Waals surface area contributed by atoms with Crippen molar-refractivity contribution in [1.82, 2.24) is 4.98 Å². The number of hydrogen-bond donors (Lipinski definition) is 1. The molecule has 0 spiro atoms. The second-order valence-electron chi connectivity index (χ2n) is 5.51. The van der Waals surface area contributed by atoms with E-state index in [1.165, 1.54) is 12.1 Å². The fraction of sp³-hybridized carbons (Fsp3) is 0.312. The molecule has 4 heteroatoms. The second-order valence-corrected chi connectivity index (χ2v) is 5.91. The molecule has 0 radical (unpaired) electrons. The van der Waals surface area contributed by atoms with Gasteiger partial charge in [0, 0.05) is 23.9 Å². The van der Waals surface area contributed by atoms with E-state index in [0.29, 0.717) is 11.4 Å². The van der Waals surface area contributed by atoms with E-state index >= 15 is 0 Å². The van der Waals surface area contributed by atoms with Crippen LogP contribution in [0.25, 0.3) is 0 Å². The quantitative estimate of drug-likeness (QED) is 0.933. The SMILES string of the molecule is CC(C)(c1ccc(F)cc1)C(N)Cc1ccncc1Cl. The number of hydrogen-bond acceptors (Lipinski definition) is 2. The highest BCUT2D eigenvalue weighted by atomic mass is 35.5. The molecule has 1 aromatic heterocycles. The average molecular weight is 293 g/mol. The number of pyridine rings is 1. The van der Waals surface area contributed by atoms with Crippen molar-refractivity contribution in [2.45, 2.75) is 31.7 Å². The third-order valence-electron chi connectivity index (χ3n) is 3.81. The van der Waals surface area contributed by atoms with Gasteiger partial charge < -0.3 is 5.73 Å². The van der Waals surface area contributed by atoms with Crippen LogP contribution < -0.4 is 5.73 Å². The highest BCUT2D eigenvalue weighted by molar-refractivity contribution is 6.31. The molecule has 2 N–H and O–H groups in total. The average Bonchev–Trinajstić information content (AvgIpc) is 2.41. The highest BCUT2D eigenvalue weighted by Crippen LogP contribution is 2.29. The smallest absolute Gasteiger partial charge is 0.123 e. The van der Waals surface area contributed by atoms with E-state index < -0.39 is 0 Å². The third kappa shape index (κ3) is 3.17. The molecule has 0 aliphatic carbocycles. The lowest BCUT2D eigenvalue weighted by Crippen LogP contribution is -2.42. The summed E-state index contributed by atoms with van der Waals surface area (Å²) in [6, 6.07) is 8.23. The Hall–Kier alpha value is -1.45. The van der Waals surface area contributed by atoms with Crippen LogP contribution in [-0.2, 0) is 11.8 Å². The molecule has 1 unspecified atom stereocenters. The summed E-state index contributed by atoms with van der Waals surface area (Å²) in [5, 5.41) is 0.623. The van der Waals surface area contributed by atoms with Crippen LogP contribution in [0.1, 0.15) is 25.0 Å². The van der Waals surface area contributed by atoms with E-state index in [2.05, 4.69) is 18.8 Å². The van der Waals surface area contributed by atoms with Crippen molar-refractivity contribution in [2.24, 2.45) is 5.73 Å². The number of nitrogens with zero attached hydrogens (tertiary/aromatic N) is 1. The molecule has 106 valence electrons. The van der Waals surface area contributed by atoms with Crippen LogP contribution in [0, 0.1) is 5.82 Å². The van der Waals surface area contributed by atoms with Gasteiger partial charge in [-0.25, -0.2) is 4.39 Å². The molecule has 0 bridgehead atoms. The highest BCUT2D eigenvalue weighted by Gasteiger charge is 2.29. The molecular weight excluding hydrogens is 275 g/mol. The molecule has 2 rings (SSSR count). The van der Waals surface area contributed by atoms with Crippen LogP contribution in [0.3, 0.4) is 0 Å². The van der Waals surface area contributed by atoms with Gasteiger partial charge in [0.25, 0.3) is 0 Å². The van der Waals surface area contributed by atoms with Gasteiger partial charge >= 0.3 is 0 Å². The summed E-state index contributed by atoms with van der Waals surface area (Å²) in [4.78, 5) is 3.97. The zero-order chi connectivity index (χ0) is 14.8. The Kier molecular flexibility index (Phi) is 4.41. The van der Waals surface area contributed by atoms with Crippen LogP contribution in [0.4, 0.5) is 4.39 Å². The Bertz CT molecular complexity index is 581.